The summed E-state index contributed by atoms with van der Waals surface area (Å²) in [4.78, 5) is 26.7. The van der Waals surface area contributed by atoms with E-state index >= 15 is 0 Å². The van der Waals surface area contributed by atoms with E-state index in [0.717, 1.165) is 25.2 Å². The third-order valence-corrected chi connectivity index (χ3v) is 4.58. The molecule has 0 saturated carbocycles. The number of ether oxygens (including phenoxy) is 2. The van der Waals surface area contributed by atoms with Gasteiger partial charge in [0, 0.05) is 19.0 Å². The van der Waals surface area contributed by atoms with Crippen LogP contribution in [0.4, 0.5) is 4.79 Å². The normalized spacial score (nSPS) is 16.2. The van der Waals surface area contributed by atoms with E-state index in [-0.39, 0.29) is 25.0 Å². The zero-order chi connectivity index (χ0) is 20.4. The largest absolute Gasteiger partial charge is 0.460 e. The molecule has 0 aliphatic carbocycles. The van der Waals surface area contributed by atoms with Crippen LogP contribution >= 0.6 is 0 Å². The maximum absolute atomic E-state index is 12.3. The fourth-order valence-corrected chi connectivity index (χ4v) is 3.28. The molecule has 1 aliphatic rings. The van der Waals surface area contributed by atoms with Gasteiger partial charge in [0.2, 0.25) is 0 Å². The molecule has 0 radical (unpaired) electrons. The van der Waals surface area contributed by atoms with Crippen molar-refractivity contribution in [3.8, 4) is 0 Å². The van der Waals surface area contributed by atoms with Crippen LogP contribution in [0.3, 0.4) is 0 Å². The zero-order valence-corrected chi connectivity index (χ0v) is 17.4. The number of nitrogens with zero attached hydrogens (tertiary/aromatic N) is 1. The van der Waals surface area contributed by atoms with Crippen molar-refractivity contribution in [2.24, 2.45) is 0 Å². The summed E-state index contributed by atoms with van der Waals surface area (Å²) in [5.74, 6) is -0.240. The molecule has 0 spiro atoms. The van der Waals surface area contributed by atoms with Gasteiger partial charge >= 0.3 is 12.1 Å². The van der Waals surface area contributed by atoms with E-state index in [4.69, 9.17) is 9.47 Å². The Hall–Kier alpha value is -2.08. The molecule has 28 heavy (non-hydrogen) atoms. The van der Waals surface area contributed by atoms with Crippen LogP contribution < -0.4 is 5.32 Å². The molecular weight excluding hydrogens is 356 g/mol. The molecule has 1 atom stereocenters. The first kappa shape index (κ1) is 22.2. The fraction of sp³-hybridized carbons (Fsp3) is 0.636. The van der Waals surface area contributed by atoms with Crippen LogP contribution in [0.2, 0.25) is 0 Å². The SMILES string of the molecule is CC(C)(C)OC(=O)CC[C@@H](CN1CCCCC1)NC(=O)OCc1ccccc1. The summed E-state index contributed by atoms with van der Waals surface area (Å²) in [5.41, 5.74) is 0.445. The first-order chi connectivity index (χ1) is 13.3. The van der Waals surface area contributed by atoms with Crippen LogP contribution in [-0.4, -0.2) is 48.2 Å². The number of nitrogens with one attached hydrogen (secondary N) is 1. The molecule has 6 heteroatoms. The summed E-state index contributed by atoms with van der Waals surface area (Å²) in [6.07, 6.45) is 3.97. The van der Waals surface area contributed by atoms with Crippen molar-refractivity contribution in [1.29, 1.82) is 0 Å². The minimum Gasteiger partial charge on any atom is -0.460 e. The zero-order valence-electron chi connectivity index (χ0n) is 17.4. The highest BCUT2D eigenvalue weighted by Gasteiger charge is 2.22. The van der Waals surface area contributed by atoms with Gasteiger partial charge in [-0.15, -0.1) is 0 Å². The van der Waals surface area contributed by atoms with Gasteiger partial charge in [0.05, 0.1) is 0 Å². The predicted octanol–water partition coefficient (Wildman–Crippen LogP) is 3.89. The number of alkyl carbamates (subject to hydrolysis) is 1. The van der Waals surface area contributed by atoms with E-state index in [2.05, 4.69) is 10.2 Å². The molecule has 1 aromatic carbocycles. The maximum Gasteiger partial charge on any atom is 0.407 e. The Bertz CT molecular complexity index is 607. The Kier molecular flexibility index (Phi) is 8.77. The average molecular weight is 391 g/mol. The van der Waals surface area contributed by atoms with Crippen LogP contribution in [0.5, 0.6) is 0 Å². The molecule has 156 valence electrons. The van der Waals surface area contributed by atoms with Crippen LogP contribution in [-0.2, 0) is 20.9 Å². The molecule has 2 rings (SSSR count). The molecule has 1 aliphatic heterocycles. The Balaban J connectivity index is 1.85. The summed E-state index contributed by atoms with van der Waals surface area (Å²) >= 11 is 0. The highest BCUT2D eigenvalue weighted by atomic mass is 16.6. The van der Waals surface area contributed by atoms with Crippen molar-refractivity contribution in [3.63, 3.8) is 0 Å². The van der Waals surface area contributed by atoms with E-state index < -0.39 is 11.7 Å². The van der Waals surface area contributed by atoms with Crippen molar-refractivity contribution >= 4 is 12.1 Å². The number of likely N-dealkylation sites (tertiary alicyclic amines) is 1. The molecule has 1 amide bonds. The number of esters is 1. The molecule has 1 saturated heterocycles. The van der Waals surface area contributed by atoms with Crippen LogP contribution in [0, 0.1) is 0 Å². The second kappa shape index (κ2) is 11.1. The fourth-order valence-electron chi connectivity index (χ4n) is 3.28. The molecular formula is C22H34N2O4. The van der Waals surface area contributed by atoms with Crippen LogP contribution in [0.1, 0.15) is 58.4 Å². The minimum absolute atomic E-state index is 0.145. The monoisotopic (exact) mass is 390 g/mol. The summed E-state index contributed by atoms with van der Waals surface area (Å²) in [6, 6.07) is 9.44. The van der Waals surface area contributed by atoms with Crippen molar-refractivity contribution < 1.29 is 19.1 Å². The molecule has 0 bridgehead atoms. The molecule has 0 aromatic heterocycles. The number of carbonyl (C=O) groups excluding carboxylic acids is 2. The van der Waals surface area contributed by atoms with Crippen molar-refractivity contribution in [3.05, 3.63) is 35.9 Å². The predicted molar refractivity (Wildman–Crippen MR) is 109 cm³/mol. The molecule has 0 unspecified atom stereocenters. The van der Waals surface area contributed by atoms with Gasteiger partial charge < -0.3 is 19.7 Å². The standard InChI is InChI=1S/C22H34N2O4/c1-22(2,3)28-20(25)13-12-19(16-24-14-8-5-9-15-24)23-21(26)27-17-18-10-6-4-7-11-18/h4,6-7,10-11,19H,5,8-9,12-17H2,1-3H3,(H,23,26)/t19-/m0/s1. The van der Waals surface area contributed by atoms with Crippen molar-refractivity contribution in [1.82, 2.24) is 10.2 Å². The van der Waals surface area contributed by atoms with E-state index in [9.17, 15) is 9.59 Å². The lowest BCUT2D eigenvalue weighted by molar-refractivity contribution is -0.155. The first-order valence-electron chi connectivity index (χ1n) is 10.2. The van der Waals surface area contributed by atoms with E-state index in [1.54, 1.807) is 0 Å². The van der Waals surface area contributed by atoms with E-state index in [0.29, 0.717) is 6.42 Å². The van der Waals surface area contributed by atoms with E-state index in [1.807, 2.05) is 51.1 Å². The van der Waals surface area contributed by atoms with Gasteiger partial charge in [-0.1, -0.05) is 36.8 Å². The summed E-state index contributed by atoms with van der Waals surface area (Å²) in [5, 5.41) is 2.94. The Morgan fingerprint density at radius 1 is 1.11 bits per heavy atom. The molecule has 1 N–H and O–H groups in total. The number of benzene rings is 1. The first-order valence-corrected chi connectivity index (χ1v) is 10.2. The Morgan fingerprint density at radius 2 is 1.79 bits per heavy atom. The van der Waals surface area contributed by atoms with Gasteiger partial charge in [-0.05, 0) is 58.7 Å². The topological polar surface area (TPSA) is 67.9 Å². The van der Waals surface area contributed by atoms with Crippen LogP contribution in [0.15, 0.2) is 30.3 Å². The lowest BCUT2D eigenvalue weighted by Crippen LogP contribution is -2.45. The van der Waals surface area contributed by atoms with Gasteiger partial charge in [-0.2, -0.15) is 0 Å². The van der Waals surface area contributed by atoms with E-state index in [1.165, 1.54) is 19.3 Å². The van der Waals surface area contributed by atoms with Crippen molar-refractivity contribution in [2.45, 2.75) is 71.1 Å². The van der Waals surface area contributed by atoms with Gasteiger partial charge in [0.25, 0.3) is 0 Å². The number of rotatable bonds is 8. The number of carbonyl (C=O) groups is 2. The highest BCUT2D eigenvalue weighted by molar-refractivity contribution is 5.70. The van der Waals surface area contributed by atoms with Crippen molar-refractivity contribution in [2.75, 3.05) is 19.6 Å². The van der Waals surface area contributed by atoms with Gasteiger partial charge in [-0.25, -0.2) is 4.79 Å². The summed E-state index contributed by atoms with van der Waals surface area (Å²) in [7, 11) is 0. The van der Waals surface area contributed by atoms with Gasteiger partial charge in [0.1, 0.15) is 12.2 Å². The molecule has 1 heterocycles. The number of amides is 1. The smallest absolute Gasteiger partial charge is 0.407 e. The third-order valence-electron chi connectivity index (χ3n) is 4.58. The quantitative estimate of drug-likeness (QED) is 0.682. The summed E-state index contributed by atoms with van der Waals surface area (Å²) in [6.45, 7) is 8.59. The van der Waals surface area contributed by atoms with Gasteiger partial charge in [-0.3, -0.25) is 4.79 Å². The molecule has 1 aromatic rings. The lowest BCUT2D eigenvalue weighted by Gasteiger charge is -2.30. The average Bonchev–Trinajstić information content (AvgIpc) is 2.65. The summed E-state index contributed by atoms with van der Waals surface area (Å²) < 4.78 is 10.7. The number of hydrogen-bond donors (Lipinski definition) is 1. The molecule has 6 nitrogen and oxygen atoms in total. The second-order valence-electron chi connectivity index (χ2n) is 8.39. The van der Waals surface area contributed by atoms with Gasteiger partial charge in [0.15, 0.2) is 0 Å². The van der Waals surface area contributed by atoms with Crippen LogP contribution in [0.25, 0.3) is 0 Å². The number of piperidine rings is 1. The maximum atomic E-state index is 12.3. The third kappa shape index (κ3) is 9.22. The second-order valence-corrected chi connectivity index (χ2v) is 8.39. The lowest BCUT2D eigenvalue weighted by atomic mass is 10.1. The Labute approximate surface area is 168 Å². The molecule has 1 fully saturated rings. The highest BCUT2D eigenvalue weighted by Crippen LogP contribution is 2.13. The number of hydrogen-bond acceptors (Lipinski definition) is 5. The minimum atomic E-state index is -0.499. The Morgan fingerprint density at radius 3 is 2.43 bits per heavy atom.